The Morgan fingerprint density at radius 3 is 2.65 bits per heavy atom. The minimum absolute atomic E-state index is 0.429. The van der Waals surface area contributed by atoms with Crippen molar-refractivity contribution in [1.82, 2.24) is 10.3 Å². The maximum atomic E-state index is 11.3. The Labute approximate surface area is 134 Å². The lowest BCUT2D eigenvalue weighted by Gasteiger charge is -2.16. The summed E-state index contributed by atoms with van der Waals surface area (Å²) in [5.74, 6) is -0.845. The largest absolute Gasteiger partial charge is 0.480 e. The first-order valence-electron chi connectivity index (χ1n) is 7.53. The second kappa shape index (κ2) is 6.58. The summed E-state index contributed by atoms with van der Waals surface area (Å²) in [6.45, 7) is 0. The van der Waals surface area contributed by atoms with Crippen LogP contribution in [0.5, 0.6) is 0 Å². The summed E-state index contributed by atoms with van der Waals surface area (Å²) in [4.78, 5) is 15.7. The van der Waals surface area contributed by atoms with E-state index in [2.05, 4.69) is 16.4 Å². The SMILES string of the molecule is CNC(Cc1ccccc1-c1cccc2ncccc12)C(=O)O. The van der Waals surface area contributed by atoms with Gasteiger partial charge in [0.15, 0.2) is 0 Å². The number of aliphatic carboxylic acids is 1. The summed E-state index contributed by atoms with van der Waals surface area (Å²) in [6, 6.07) is 17.3. The van der Waals surface area contributed by atoms with Gasteiger partial charge in [-0.2, -0.15) is 0 Å². The Morgan fingerprint density at radius 1 is 1.09 bits per heavy atom. The van der Waals surface area contributed by atoms with Crippen LogP contribution in [0.1, 0.15) is 5.56 Å². The third-order valence-corrected chi connectivity index (χ3v) is 4.02. The van der Waals surface area contributed by atoms with Crippen molar-refractivity contribution in [3.8, 4) is 11.1 Å². The van der Waals surface area contributed by atoms with Gasteiger partial charge in [-0.15, -0.1) is 0 Å². The van der Waals surface area contributed by atoms with Crippen molar-refractivity contribution in [2.24, 2.45) is 0 Å². The van der Waals surface area contributed by atoms with Gasteiger partial charge in [-0.3, -0.25) is 9.78 Å². The molecule has 23 heavy (non-hydrogen) atoms. The maximum Gasteiger partial charge on any atom is 0.321 e. The van der Waals surface area contributed by atoms with E-state index in [-0.39, 0.29) is 0 Å². The van der Waals surface area contributed by atoms with Gasteiger partial charge >= 0.3 is 5.97 Å². The van der Waals surface area contributed by atoms with Crippen molar-refractivity contribution in [3.05, 3.63) is 66.4 Å². The van der Waals surface area contributed by atoms with Gasteiger partial charge in [-0.1, -0.05) is 42.5 Å². The quantitative estimate of drug-likeness (QED) is 0.760. The second-order valence-corrected chi connectivity index (χ2v) is 5.42. The van der Waals surface area contributed by atoms with E-state index in [0.29, 0.717) is 6.42 Å². The van der Waals surface area contributed by atoms with Gasteiger partial charge in [-0.25, -0.2) is 0 Å². The zero-order valence-electron chi connectivity index (χ0n) is 12.9. The average molecular weight is 306 g/mol. The van der Waals surface area contributed by atoms with Gasteiger partial charge in [0.1, 0.15) is 6.04 Å². The van der Waals surface area contributed by atoms with Crippen molar-refractivity contribution < 1.29 is 9.90 Å². The number of carboxylic acid groups (broad SMARTS) is 1. The summed E-state index contributed by atoms with van der Waals surface area (Å²) in [5.41, 5.74) is 4.06. The van der Waals surface area contributed by atoms with E-state index in [4.69, 9.17) is 0 Å². The molecule has 0 radical (unpaired) electrons. The minimum atomic E-state index is -0.845. The number of fused-ring (bicyclic) bond motifs is 1. The highest BCUT2D eigenvalue weighted by molar-refractivity contribution is 5.95. The zero-order chi connectivity index (χ0) is 16.2. The smallest absolute Gasteiger partial charge is 0.321 e. The molecule has 4 heteroatoms. The summed E-state index contributed by atoms with van der Waals surface area (Å²) in [6.07, 6.45) is 2.21. The summed E-state index contributed by atoms with van der Waals surface area (Å²) in [5, 5.41) is 13.2. The number of pyridine rings is 1. The van der Waals surface area contributed by atoms with Crippen LogP contribution in [0.15, 0.2) is 60.8 Å². The Kier molecular flexibility index (Phi) is 4.35. The number of likely N-dealkylation sites (N-methyl/N-ethyl adjacent to an activating group) is 1. The number of carboxylic acids is 1. The number of hydrogen-bond donors (Lipinski definition) is 2. The van der Waals surface area contributed by atoms with E-state index in [1.54, 1.807) is 13.2 Å². The molecule has 0 fully saturated rings. The fourth-order valence-corrected chi connectivity index (χ4v) is 2.83. The molecule has 1 atom stereocenters. The number of rotatable bonds is 5. The summed E-state index contributed by atoms with van der Waals surface area (Å²) < 4.78 is 0. The number of aromatic nitrogens is 1. The van der Waals surface area contributed by atoms with Crippen LogP contribution >= 0.6 is 0 Å². The monoisotopic (exact) mass is 306 g/mol. The fourth-order valence-electron chi connectivity index (χ4n) is 2.83. The number of benzene rings is 2. The van der Waals surface area contributed by atoms with Crippen LogP contribution in [0.4, 0.5) is 0 Å². The molecule has 0 aliphatic heterocycles. The van der Waals surface area contributed by atoms with Gasteiger partial charge in [0.05, 0.1) is 5.52 Å². The standard InChI is InChI=1S/C19H18N2O2/c1-20-18(19(22)23)12-13-6-2-3-7-14(13)15-8-4-10-17-16(15)9-5-11-21-17/h2-11,18,20H,12H2,1H3,(H,22,23). The molecular weight excluding hydrogens is 288 g/mol. The van der Waals surface area contributed by atoms with Crippen LogP contribution in [0, 0.1) is 0 Å². The third-order valence-electron chi connectivity index (χ3n) is 4.02. The third kappa shape index (κ3) is 3.07. The van der Waals surface area contributed by atoms with Crippen molar-refractivity contribution in [2.45, 2.75) is 12.5 Å². The van der Waals surface area contributed by atoms with Crippen LogP contribution < -0.4 is 5.32 Å². The molecule has 0 spiro atoms. The summed E-state index contributed by atoms with van der Waals surface area (Å²) >= 11 is 0. The van der Waals surface area contributed by atoms with Gasteiger partial charge in [0.25, 0.3) is 0 Å². The topological polar surface area (TPSA) is 62.2 Å². The number of nitrogens with zero attached hydrogens (tertiary/aromatic N) is 1. The molecular formula is C19H18N2O2. The Bertz CT molecular complexity index is 840. The Balaban J connectivity index is 2.11. The first-order valence-corrected chi connectivity index (χ1v) is 7.53. The first-order chi connectivity index (χ1) is 11.2. The minimum Gasteiger partial charge on any atom is -0.480 e. The van der Waals surface area contributed by atoms with Crippen molar-refractivity contribution >= 4 is 16.9 Å². The molecule has 4 nitrogen and oxygen atoms in total. The second-order valence-electron chi connectivity index (χ2n) is 5.42. The van der Waals surface area contributed by atoms with Gasteiger partial charge in [-0.05, 0) is 42.3 Å². The molecule has 0 bridgehead atoms. The molecule has 0 saturated heterocycles. The van der Waals surface area contributed by atoms with Crippen LogP contribution in [0.3, 0.4) is 0 Å². The molecule has 2 N–H and O–H groups in total. The lowest BCUT2D eigenvalue weighted by Crippen LogP contribution is -2.35. The molecule has 3 rings (SSSR count). The molecule has 116 valence electrons. The highest BCUT2D eigenvalue weighted by Crippen LogP contribution is 2.30. The molecule has 0 aliphatic rings. The molecule has 0 saturated carbocycles. The number of nitrogens with one attached hydrogen (secondary N) is 1. The number of carbonyl (C=O) groups is 1. The zero-order valence-corrected chi connectivity index (χ0v) is 12.9. The molecule has 1 aromatic heterocycles. The number of hydrogen-bond acceptors (Lipinski definition) is 3. The van der Waals surface area contributed by atoms with E-state index in [0.717, 1.165) is 27.6 Å². The predicted molar refractivity (Wildman–Crippen MR) is 91.4 cm³/mol. The highest BCUT2D eigenvalue weighted by atomic mass is 16.4. The van der Waals surface area contributed by atoms with E-state index in [1.807, 2.05) is 48.5 Å². The van der Waals surface area contributed by atoms with Crippen LogP contribution in [-0.2, 0) is 11.2 Å². The molecule has 3 aromatic rings. The van der Waals surface area contributed by atoms with Gasteiger partial charge in [0.2, 0.25) is 0 Å². The lowest BCUT2D eigenvalue weighted by atomic mass is 9.93. The fraction of sp³-hybridized carbons (Fsp3) is 0.158. The Hall–Kier alpha value is -2.72. The molecule has 1 heterocycles. The van der Waals surface area contributed by atoms with Crippen molar-refractivity contribution in [2.75, 3.05) is 7.05 Å². The normalized spacial score (nSPS) is 12.2. The Morgan fingerprint density at radius 2 is 1.87 bits per heavy atom. The molecule has 0 amide bonds. The van der Waals surface area contributed by atoms with Crippen LogP contribution in [0.25, 0.3) is 22.0 Å². The van der Waals surface area contributed by atoms with Crippen molar-refractivity contribution in [1.29, 1.82) is 0 Å². The van der Waals surface area contributed by atoms with Gasteiger partial charge in [0, 0.05) is 11.6 Å². The molecule has 1 unspecified atom stereocenters. The van der Waals surface area contributed by atoms with E-state index >= 15 is 0 Å². The molecule has 2 aromatic carbocycles. The lowest BCUT2D eigenvalue weighted by molar-refractivity contribution is -0.139. The maximum absolute atomic E-state index is 11.3. The van der Waals surface area contributed by atoms with E-state index in [1.165, 1.54) is 0 Å². The average Bonchev–Trinajstić information content (AvgIpc) is 2.59. The highest BCUT2D eigenvalue weighted by Gasteiger charge is 2.18. The predicted octanol–water partition coefficient (Wildman–Crippen LogP) is 3.12. The van der Waals surface area contributed by atoms with E-state index < -0.39 is 12.0 Å². The van der Waals surface area contributed by atoms with E-state index in [9.17, 15) is 9.90 Å². The molecule has 0 aliphatic carbocycles. The van der Waals surface area contributed by atoms with Crippen LogP contribution in [0.2, 0.25) is 0 Å². The first kappa shape index (κ1) is 15.2. The summed E-state index contributed by atoms with van der Waals surface area (Å²) in [7, 11) is 1.67. The van der Waals surface area contributed by atoms with Crippen molar-refractivity contribution in [3.63, 3.8) is 0 Å². The van der Waals surface area contributed by atoms with Gasteiger partial charge < -0.3 is 10.4 Å². The van der Waals surface area contributed by atoms with Crippen LogP contribution in [-0.4, -0.2) is 29.1 Å².